The molecule has 1 atom stereocenters. The molecule has 0 bridgehead atoms. The Bertz CT molecular complexity index is 289. The lowest BCUT2D eigenvalue weighted by Gasteiger charge is -2.12. The minimum Gasteiger partial charge on any atom is -0.477 e. The van der Waals surface area contributed by atoms with E-state index in [-0.39, 0.29) is 6.61 Å². The molecule has 0 aliphatic heterocycles. The number of aromatic nitrogens is 1. The summed E-state index contributed by atoms with van der Waals surface area (Å²) in [4.78, 5) is 4.10. The van der Waals surface area contributed by atoms with Gasteiger partial charge in [-0.1, -0.05) is 20.3 Å². The summed E-state index contributed by atoms with van der Waals surface area (Å²) in [6, 6.07) is 3.63. The fraction of sp³-hybridized carbons (Fsp3) is 0.583. The van der Waals surface area contributed by atoms with Crippen LogP contribution in [0.25, 0.3) is 0 Å². The molecule has 0 saturated carbocycles. The number of hydrogen-bond donors (Lipinski definition) is 1. The van der Waals surface area contributed by atoms with Gasteiger partial charge in [0.25, 0.3) is 0 Å². The Hall–Kier alpha value is -1.09. The van der Waals surface area contributed by atoms with E-state index in [9.17, 15) is 0 Å². The van der Waals surface area contributed by atoms with Crippen LogP contribution < -0.4 is 4.74 Å². The van der Waals surface area contributed by atoms with Crippen molar-refractivity contribution < 1.29 is 9.84 Å². The van der Waals surface area contributed by atoms with Crippen molar-refractivity contribution in [2.24, 2.45) is 5.92 Å². The average Bonchev–Trinajstić information content (AvgIpc) is 2.27. The molecule has 0 aliphatic rings. The number of pyridine rings is 1. The number of nitrogens with zero attached hydrogens (tertiary/aromatic N) is 1. The molecular weight excluding hydrogens is 190 g/mol. The van der Waals surface area contributed by atoms with Crippen LogP contribution >= 0.6 is 0 Å². The first-order valence-corrected chi connectivity index (χ1v) is 5.45. The van der Waals surface area contributed by atoms with Gasteiger partial charge < -0.3 is 9.84 Å². The number of aliphatic hydroxyl groups excluding tert-OH is 1. The van der Waals surface area contributed by atoms with Crippen molar-refractivity contribution in [2.45, 2.75) is 33.3 Å². The number of ether oxygens (including phenoxy) is 1. The van der Waals surface area contributed by atoms with Gasteiger partial charge in [0.2, 0.25) is 5.88 Å². The zero-order chi connectivity index (χ0) is 11.1. The minimum atomic E-state index is -0.0225. The van der Waals surface area contributed by atoms with Crippen molar-refractivity contribution in [3.05, 3.63) is 23.9 Å². The van der Waals surface area contributed by atoms with Gasteiger partial charge in [0.15, 0.2) is 0 Å². The molecule has 15 heavy (non-hydrogen) atoms. The van der Waals surface area contributed by atoms with Crippen LogP contribution in [0.5, 0.6) is 5.88 Å². The van der Waals surface area contributed by atoms with Gasteiger partial charge in [-0.25, -0.2) is 4.98 Å². The molecule has 0 radical (unpaired) electrons. The predicted molar refractivity (Wildman–Crippen MR) is 59.7 cm³/mol. The Morgan fingerprint density at radius 1 is 1.53 bits per heavy atom. The van der Waals surface area contributed by atoms with E-state index in [0.29, 0.717) is 18.4 Å². The molecule has 0 aliphatic carbocycles. The summed E-state index contributed by atoms with van der Waals surface area (Å²) >= 11 is 0. The first kappa shape index (κ1) is 12.0. The van der Waals surface area contributed by atoms with Crippen LogP contribution in [0, 0.1) is 5.92 Å². The van der Waals surface area contributed by atoms with E-state index in [0.717, 1.165) is 12.0 Å². The van der Waals surface area contributed by atoms with Gasteiger partial charge in [0.1, 0.15) is 0 Å². The van der Waals surface area contributed by atoms with Crippen molar-refractivity contribution in [1.29, 1.82) is 0 Å². The maximum absolute atomic E-state index is 9.07. The highest BCUT2D eigenvalue weighted by atomic mass is 16.5. The van der Waals surface area contributed by atoms with E-state index < -0.39 is 0 Å². The fourth-order valence-electron chi connectivity index (χ4n) is 1.47. The predicted octanol–water partition coefficient (Wildman–Crippen LogP) is 2.39. The monoisotopic (exact) mass is 209 g/mol. The van der Waals surface area contributed by atoms with Crippen LogP contribution in [0.4, 0.5) is 0 Å². The maximum atomic E-state index is 9.07. The molecule has 1 rings (SSSR count). The zero-order valence-electron chi connectivity index (χ0n) is 9.44. The van der Waals surface area contributed by atoms with Crippen molar-refractivity contribution >= 4 is 0 Å². The van der Waals surface area contributed by atoms with Crippen LogP contribution in [0.2, 0.25) is 0 Å². The van der Waals surface area contributed by atoms with Crippen LogP contribution in [-0.2, 0) is 6.61 Å². The number of aliphatic hydroxyl groups is 1. The molecule has 1 heterocycles. The normalized spacial score (nSPS) is 12.5. The summed E-state index contributed by atoms with van der Waals surface area (Å²) in [5.41, 5.74) is 0.751. The highest BCUT2D eigenvalue weighted by molar-refractivity contribution is 5.24. The second-order valence-corrected chi connectivity index (χ2v) is 3.83. The van der Waals surface area contributed by atoms with Crippen LogP contribution in [0.3, 0.4) is 0 Å². The molecule has 0 fully saturated rings. The topological polar surface area (TPSA) is 42.4 Å². The largest absolute Gasteiger partial charge is 0.477 e. The van der Waals surface area contributed by atoms with E-state index >= 15 is 0 Å². The third-order valence-electron chi connectivity index (χ3n) is 2.31. The van der Waals surface area contributed by atoms with E-state index in [1.165, 1.54) is 6.42 Å². The Morgan fingerprint density at radius 2 is 2.33 bits per heavy atom. The summed E-state index contributed by atoms with van der Waals surface area (Å²) < 4.78 is 5.57. The first-order chi connectivity index (χ1) is 7.27. The second kappa shape index (κ2) is 6.40. The highest BCUT2D eigenvalue weighted by Gasteiger charge is 2.06. The smallest absolute Gasteiger partial charge is 0.218 e. The number of hydrogen-bond acceptors (Lipinski definition) is 3. The maximum Gasteiger partial charge on any atom is 0.218 e. The van der Waals surface area contributed by atoms with Crippen molar-refractivity contribution in [3.8, 4) is 5.88 Å². The SMILES string of the molecule is CCCC(C)COc1ncccc1CO. The van der Waals surface area contributed by atoms with E-state index in [4.69, 9.17) is 9.84 Å². The summed E-state index contributed by atoms with van der Waals surface area (Å²) in [7, 11) is 0. The molecule has 1 N–H and O–H groups in total. The fourth-order valence-corrected chi connectivity index (χ4v) is 1.47. The lowest BCUT2D eigenvalue weighted by atomic mass is 10.1. The lowest BCUT2D eigenvalue weighted by molar-refractivity contribution is 0.226. The van der Waals surface area contributed by atoms with Crippen molar-refractivity contribution in [3.63, 3.8) is 0 Å². The standard InChI is InChI=1S/C12H19NO2/c1-3-5-10(2)9-15-12-11(8-14)6-4-7-13-12/h4,6-7,10,14H,3,5,8-9H2,1-2H3. The summed E-state index contributed by atoms with van der Waals surface area (Å²) in [5, 5.41) is 9.07. The third kappa shape index (κ3) is 3.88. The van der Waals surface area contributed by atoms with Gasteiger partial charge in [-0.05, 0) is 24.5 Å². The molecule has 84 valence electrons. The Balaban J connectivity index is 2.49. The quantitative estimate of drug-likeness (QED) is 0.782. The molecule has 1 unspecified atom stereocenters. The molecule has 0 saturated heterocycles. The Labute approximate surface area is 91.1 Å². The van der Waals surface area contributed by atoms with Crippen molar-refractivity contribution in [1.82, 2.24) is 4.98 Å². The van der Waals surface area contributed by atoms with Gasteiger partial charge >= 0.3 is 0 Å². The minimum absolute atomic E-state index is 0.0225. The molecule has 3 nitrogen and oxygen atoms in total. The van der Waals surface area contributed by atoms with E-state index in [2.05, 4.69) is 18.8 Å². The van der Waals surface area contributed by atoms with Gasteiger partial charge in [-0.15, -0.1) is 0 Å². The number of rotatable bonds is 6. The summed E-state index contributed by atoms with van der Waals surface area (Å²) in [6.07, 6.45) is 4.00. The average molecular weight is 209 g/mol. The zero-order valence-corrected chi connectivity index (χ0v) is 9.44. The molecular formula is C12H19NO2. The van der Waals surface area contributed by atoms with Crippen LogP contribution in [-0.4, -0.2) is 16.7 Å². The lowest BCUT2D eigenvalue weighted by Crippen LogP contribution is -2.10. The van der Waals surface area contributed by atoms with Crippen molar-refractivity contribution in [2.75, 3.05) is 6.61 Å². The Kier molecular flexibility index (Phi) is 5.12. The van der Waals surface area contributed by atoms with Gasteiger partial charge in [0.05, 0.1) is 13.2 Å². The summed E-state index contributed by atoms with van der Waals surface area (Å²) in [6.45, 7) is 4.96. The van der Waals surface area contributed by atoms with Crippen LogP contribution in [0.1, 0.15) is 32.3 Å². The van der Waals surface area contributed by atoms with E-state index in [1.54, 1.807) is 12.3 Å². The molecule has 0 aromatic carbocycles. The molecule has 1 aromatic rings. The molecule has 0 spiro atoms. The third-order valence-corrected chi connectivity index (χ3v) is 2.31. The Morgan fingerprint density at radius 3 is 3.00 bits per heavy atom. The van der Waals surface area contributed by atoms with Crippen LogP contribution in [0.15, 0.2) is 18.3 Å². The second-order valence-electron chi connectivity index (χ2n) is 3.83. The van der Waals surface area contributed by atoms with Gasteiger partial charge in [0, 0.05) is 11.8 Å². The molecule has 1 aromatic heterocycles. The highest BCUT2D eigenvalue weighted by Crippen LogP contribution is 2.15. The first-order valence-electron chi connectivity index (χ1n) is 5.45. The molecule has 3 heteroatoms. The molecule has 0 amide bonds. The van der Waals surface area contributed by atoms with Gasteiger partial charge in [-0.3, -0.25) is 0 Å². The van der Waals surface area contributed by atoms with Gasteiger partial charge in [-0.2, -0.15) is 0 Å². The van der Waals surface area contributed by atoms with E-state index in [1.807, 2.05) is 6.07 Å². The summed E-state index contributed by atoms with van der Waals surface area (Å²) in [5.74, 6) is 1.09.